The van der Waals surface area contributed by atoms with Crippen LogP contribution < -0.4 is 4.74 Å². The molecule has 6 nitrogen and oxygen atoms in total. The quantitative estimate of drug-likeness (QED) is 0.751. The minimum atomic E-state index is -3.53. The van der Waals surface area contributed by atoms with E-state index in [1.165, 1.54) is 10.7 Å². The van der Waals surface area contributed by atoms with Crippen LogP contribution in [0, 0.1) is 17.8 Å². The van der Waals surface area contributed by atoms with Crippen molar-refractivity contribution >= 4 is 15.9 Å². The van der Waals surface area contributed by atoms with Gasteiger partial charge in [-0.2, -0.15) is 4.31 Å². The second-order valence-corrected chi connectivity index (χ2v) is 10.2. The van der Waals surface area contributed by atoms with E-state index in [-0.39, 0.29) is 16.7 Å². The van der Waals surface area contributed by atoms with Crippen LogP contribution in [0.1, 0.15) is 40.0 Å². The number of carbonyl (C=O) groups excluding carboxylic acids is 1. The molecular weight excluding hydrogens is 376 g/mol. The van der Waals surface area contributed by atoms with Gasteiger partial charge in [0.05, 0.1) is 11.5 Å². The van der Waals surface area contributed by atoms with Crippen molar-refractivity contribution in [1.82, 2.24) is 9.21 Å². The number of rotatable bonds is 5. The van der Waals surface area contributed by atoms with E-state index in [9.17, 15) is 13.2 Å². The SMILES string of the molecule is CCOc1ccc(S(=O)(=O)N2CCC(C(=O)N3CC(C)CC(C)C3)CC2)cc1. The van der Waals surface area contributed by atoms with Crippen LogP contribution in [0.4, 0.5) is 0 Å². The number of likely N-dealkylation sites (tertiary alicyclic amines) is 1. The predicted molar refractivity (Wildman–Crippen MR) is 109 cm³/mol. The van der Waals surface area contributed by atoms with Crippen molar-refractivity contribution < 1.29 is 17.9 Å². The van der Waals surface area contributed by atoms with Gasteiger partial charge in [0, 0.05) is 32.1 Å². The van der Waals surface area contributed by atoms with Gasteiger partial charge in [-0.05, 0) is 62.3 Å². The highest BCUT2D eigenvalue weighted by molar-refractivity contribution is 7.89. The smallest absolute Gasteiger partial charge is 0.243 e. The molecule has 0 aliphatic carbocycles. The van der Waals surface area contributed by atoms with Gasteiger partial charge < -0.3 is 9.64 Å². The average molecular weight is 409 g/mol. The second-order valence-electron chi connectivity index (χ2n) is 8.27. The maximum Gasteiger partial charge on any atom is 0.243 e. The number of amides is 1. The molecular formula is C21H32N2O4S. The molecule has 0 N–H and O–H groups in total. The second kappa shape index (κ2) is 8.82. The molecule has 7 heteroatoms. The molecule has 0 radical (unpaired) electrons. The third kappa shape index (κ3) is 4.69. The summed E-state index contributed by atoms with van der Waals surface area (Å²) in [5, 5.41) is 0. The lowest BCUT2D eigenvalue weighted by Crippen LogP contribution is -2.48. The predicted octanol–water partition coefficient (Wildman–Crippen LogP) is 2.99. The van der Waals surface area contributed by atoms with Crippen molar-refractivity contribution in [3.05, 3.63) is 24.3 Å². The van der Waals surface area contributed by atoms with Gasteiger partial charge in [0.2, 0.25) is 15.9 Å². The zero-order valence-electron chi connectivity index (χ0n) is 17.1. The molecule has 2 aliphatic heterocycles. The maximum absolute atomic E-state index is 12.9. The fourth-order valence-electron chi connectivity index (χ4n) is 4.47. The van der Waals surface area contributed by atoms with Crippen molar-refractivity contribution in [2.45, 2.75) is 44.9 Å². The van der Waals surface area contributed by atoms with Crippen molar-refractivity contribution in [2.75, 3.05) is 32.8 Å². The summed E-state index contributed by atoms with van der Waals surface area (Å²) in [6, 6.07) is 6.55. The first-order chi connectivity index (χ1) is 13.3. The summed E-state index contributed by atoms with van der Waals surface area (Å²) < 4.78 is 32.7. The molecule has 28 heavy (non-hydrogen) atoms. The summed E-state index contributed by atoms with van der Waals surface area (Å²) in [7, 11) is -3.53. The third-order valence-corrected chi connectivity index (χ3v) is 7.67. The molecule has 2 unspecified atom stereocenters. The van der Waals surface area contributed by atoms with Crippen LogP contribution in [0.25, 0.3) is 0 Å². The molecule has 1 amide bonds. The van der Waals surface area contributed by atoms with Gasteiger partial charge in [-0.3, -0.25) is 4.79 Å². The first kappa shape index (κ1) is 21.1. The number of hydrogen-bond acceptors (Lipinski definition) is 4. The highest BCUT2D eigenvalue weighted by atomic mass is 32.2. The topological polar surface area (TPSA) is 66.9 Å². The first-order valence-electron chi connectivity index (χ1n) is 10.3. The Hall–Kier alpha value is -1.60. The van der Waals surface area contributed by atoms with Crippen LogP contribution in [-0.2, 0) is 14.8 Å². The summed E-state index contributed by atoms with van der Waals surface area (Å²) >= 11 is 0. The monoisotopic (exact) mass is 408 g/mol. The normalized spacial score (nSPS) is 24.9. The van der Waals surface area contributed by atoms with Gasteiger partial charge in [0.25, 0.3) is 0 Å². The zero-order valence-corrected chi connectivity index (χ0v) is 18.0. The van der Waals surface area contributed by atoms with Crippen LogP contribution in [0.3, 0.4) is 0 Å². The first-order valence-corrected chi connectivity index (χ1v) is 11.8. The molecule has 0 aromatic heterocycles. The average Bonchev–Trinajstić information content (AvgIpc) is 2.67. The Bertz CT molecular complexity index is 760. The number of piperidine rings is 2. The summed E-state index contributed by atoms with van der Waals surface area (Å²) in [5.74, 6) is 1.87. The van der Waals surface area contributed by atoms with Crippen LogP contribution in [0.5, 0.6) is 5.75 Å². The van der Waals surface area contributed by atoms with Crippen LogP contribution in [-0.4, -0.2) is 56.3 Å². The standard InChI is InChI=1S/C21H32N2O4S/c1-4-27-19-5-7-20(8-6-19)28(25,26)23-11-9-18(10-12-23)21(24)22-14-16(2)13-17(3)15-22/h5-8,16-18H,4,9-15H2,1-3H3. The number of hydrogen-bond donors (Lipinski definition) is 0. The molecule has 2 aliphatic rings. The highest BCUT2D eigenvalue weighted by Gasteiger charge is 2.35. The van der Waals surface area contributed by atoms with E-state index in [1.54, 1.807) is 24.3 Å². The molecule has 2 heterocycles. The molecule has 3 rings (SSSR count). The number of sulfonamides is 1. The Morgan fingerprint density at radius 1 is 1.07 bits per heavy atom. The van der Waals surface area contributed by atoms with Crippen molar-refractivity contribution in [2.24, 2.45) is 17.8 Å². The van der Waals surface area contributed by atoms with E-state index in [0.717, 1.165) is 13.1 Å². The summed E-state index contributed by atoms with van der Waals surface area (Å²) in [6.07, 6.45) is 2.35. The fraction of sp³-hybridized carbons (Fsp3) is 0.667. The molecule has 2 fully saturated rings. The third-order valence-electron chi connectivity index (χ3n) is 5.76. The lowest BCUT2D eigenvalue weighted by molar-refractivity contribution is -0.139. The van der Waals surface area contributed by atoms with Crippen molar-refractivity contribution in [3.8, 4) is 5.75 Å². The molecule has 1 aromatic carbocycles. The van der Waals surface area contributed by atoms with Crippen LogP contribution in [0.15, 0.2) is 29.2 Å². The lowest BCUT2D eigenvalue weighted by atomic mass is 9.89. The number of benzene rings is 1. The number of carbonyl (C=O) groups is 1. The number of nitrogens with zero attached hydrogens (tertiary/aromatic N) is 2. The number of ether oxygens (including phenoxy) is 1. The summed E-state index contributed by atoms with van der Waals surface area (Å²) in [5.41, 5.74) is 0. The Balaban J connectivity index is 1.60. The molecule has 0 bridgehead atoms. The fourth-order valence-corrected chi connectivity index (χ4v) is 5.94. The van der Waals surface area contributed by atoms with Crippen molar-refractivity contribution in [1.29, 1.82) is 0 Å². The van der Waals surface area contributed by atoms with Crippen LogP contribution >= 0.6 is 0 Å². The van der Waals surface area contributed by atoms with E-state index in [1.807, 2.05) is 11.8 Å². The Kier molecular flexibility index (Phi) is 6.65. The summed E-state index contributed by atoms with van der Waals surface area (Å²) in [6.45, 7) is 9.27. The van der Waals surface area contributed by atoms with E-state index >= 15 is 0 Å². The molecule has 0 saturated carbocycles. The molecule has 0 spiro atoms. The minimum absolute atomic E-state index is 0.0655. The van der Waals surface area contributed by atoms with Crippen molar-refractivity contribution in [3.63, 3.8) is 0 Å². The Morgan fingerprint density at radius 3 is 2.18 bits per heavy atom. The van der Waals surface area contributed by atoms with E-state index in [4.69, 9.17) is 4.74 Å². The van der Waals surface area contributed by atoms with Gasteiger partial charge >= 0.3 is 0 Å². The molecule has 156 valence electrons. The molecule has 1 aromatic rings. The Labute approximate surface area is 168 Å². The minimum Gasteiger partial charge on any atom is -0.494 e. The maximum atomic E-state index is 12.9. The Morgan fingerprint density at radius 2 is 1.64 bits per heavy atom. The molecule has 2 atom stereocenters. The van der Waals surface area contributed by atoms with E-state index < -0.39 is 10.0 Å². The lowest BCUT2D eigenvalue weighted by Gasteiger charge is -2.39. The zero-order chi connectivity index (χ0) is 20.3. The van der Waals surface area contributed by atoms with Crippen LogP contribution in [0.2, 0.25) is 0 Å². The van der Waals surface area contributed by atoms with E-state index in [0.29, 0.717) is 50.1 Å². The van der Waals surface area contributed by atoms with Gasteiger partial charge in [0.15, 0.2) is 0 Å². The van der Waals surface area contributed by atoms with Gasteiger partial charge in [-0.1, -0.05) is 13.8 Å². The summed E-state index contributed by atoms with van der Waals surface area (Å²) in [4.78, 5) is 15.2. The van der Waals surface area contributed by atoms with Gasteiger partial charge in [0.1, 0.15) is 5.75 Å². The van der Waals surface area contributed by atoms with E-state index in [2.05, 4.69) is 13.8 Å². The van der Waals surface area contributed by atoms with Gasteiger partial charge in [-0.15, -0.1) is 0 Å². The van der Waals surface area contributed by atoms with Gasteiger partial charge in [-0.25, -0.2) is 8.42 Å². The largest absolute Gasteiger partial charge is 0.494 e. The molecule has 2 saturated heterocycles. The highest BCUT2D eigenvalue weighted by Crippen LogP contribution is 2.28.